The molecule has 3 N–H and O–H groups in total. The molecule has 1 amide bonds. The Hall–Kier alpha value is -1.62. The molecule has 1 aromatic rings. The van der Waals surface area contributed by atoms with Crippen molar-refractivity contribution in [1.29, 1.82) is 0 Å². The fourth-order valence-electron chi connectivity index (χ4n) is 2.84. The van der Waals surface area contributed by atoms with Crippen LogP contribution in [0.25, 0.3) is 0 Å². The maximum absolute atomic E-state index is 12.4. The average Bonchev–Trinajstić information content (AvgIpc) is 2.69. The van der Waals surface area contributed by atoms with E-state index in [4.69, 9.17) is 5.73 Å². The van der Waals surface area contributed by atoms with Crippen LogP contribution in [0.1, 0.15) is 29.6 Å². The predicted octanol–water partition coefficient (Wildman–Crippen LogP) is 0.630. The fourth-order valence-corrected chi connectivity index (χ4v) is 2.84. The summed E-state index contributed by atoms with van der Waals surface area (Å²) in [5, 5.41) is 3.57. The van der Waals surface area contributed by atoms with Crippen molar-refractivity contribution in [2.45, 2.75) is 31.3 Å². The molecule has 5 nitrogen and oxygen atoms in total. The average molecular weight is 246 g/mol. The smallest absolute Gasteiger partial charge is 0.255 e. The zero-order chi connectivity index (χ0) is 12.5. The van der Waals surface area contributed by atoms with E-state index in [1.54, 1.807) is 18.3 Å². The Kier molecular flexibility index (Phi) is 2.91. The highest BCUT2D eigenvalue weighted by atomic mass is 16.2. The summed E-state index contributed by atoms with van der Waals surface area (Å²) in [6.45, 7) is 1.64. The number of aromatic nitrogens is 1. The number of fused-ring (bicyclic) bond motifs is 2. The highest BCUT2D eigenvalue weighted by molar-refractivity contribution is 5.94. The highest BCUT2D eigenvalue weighted by Crippen LogP contribution is 2.21. The third kappa shape index (κ3) is 2.18. The lowest BCUT2D eigenvalue weighted by Crippen LogP contribution is -2.39. The van der Waals surface area contributed by atoms with Gasteiger partial charge in [0, 0.05) is 31.4 Å². The van der Waals surface area contributed by atoms with E-state index >= 15 is 0 Å². The van der Waals surface area contributed by atoms with Crippen LogP contribution >= 0.6 is 0 Å². The van der Waals surface area contributed by atoms with Gasteiger partial charge in [-0.25, -0.2) is 4.98 Å². The molecule has 2 saturated heterocycles. The predicted molar refractivity (Wildman–Crippen MR) is 69.1 cm³/mol. The third-order valence-corrected chi connectivity index (χ3v) is 3.84. The minimum Gasteiger partial charge on any atom is -0.384 e. The van der Waals surface area contributed by atoms with Gasteiger partial charge in [-0.3, -0.25) is 4.79 Å². The zero-order valence-electron chi connectivity index (χ0n) is 10.3. The molecule has 1 aromatic heterocycles. The molecule has 0 aromatic carbocycles. The molecule has 96 valence electrons. The summed E-state index contributed by atoms with van der Waals surface area (Å²) >= 11 is 0. The van der Waals surface area contributed by atoms with E-state index in [2.05, 4.69) is 10.3 Å². The maximum Gasteiger partial charge on any atom is 0.255 e. The number of anilines is 1. The Balaban J connectivity index is 1.74. The molecule has 2 aliphatic heterocycles. The van der Waals surface area contributed by atoms with Gasteiger partial charge in [-0.1, -0.05) is 0 Å². The van der Waals surface area contributed by atoms with Gasteiger partial charge in [-0.05, 0) is 31.4 Å². The van der Waals surface area contributed by atoms with Crippen molar-refractivity contribution in [3.63, 3.8) is 0 Å². The summed E-state index contributed by atoms with van der Waals surface area (Å²) in [6, 6.07) is 4.48. The lowest BCUT2D eigenvalue weighted by atomic mass is 10.1. The number of hydrogen-bond donors (Lipinski definition) is 2. The second kappa shape index (κ2) is 4.57. The second-order valence-electron chi connectivity index (χ2n) is 5.15. The first kappa shape index (κ1) is 11.5. The Morgan fingerprint density at radius 2 is 2.17 bits per heavy atom. The van der Waals surface area contributed by atoms with Crippen LogP contribution in [-0.4, -0.2) is 41.0 Å². The first-order valence-electron chi connectivity index (χ1n) is 6.49. The van der Waals surface area contributed by atoms with Crippen molar-refractivity contribution in [3.8, 4) is 0 Å². The molecule has 0 saturated carbocycles. The highest BCUT2D eigenvalue weighted by Gasteiger charge is 2.31. The molecular weight excluding hydrogens is 228 g/mol. The molecule has 3 rings (SSSR count). The Bertz CT molecular complexity index is 445. The summed E-state index contributed by atoms with van der Waals surface area (Å²) in [6.07, 6.45) is 5.03. The second-order valence-corrected chi connectivity index (χ2v) is 5.15. The van der Waals surface area contributed by atoms with Gasteiger partial charge in [-0.2, -0.15) is 0 Å². The number of carbonyl (C=O) groups excluding carboxylic acids is 1. The monoisotopic (exact) mass is 246 g/mol. The van der Waals surface area contributed by atoms with Gasteiger partial charge in [-0.15, -0.1) is 0 Å². The van der Waals surface area contributed by atoms with Gasteiger partial charge in [0.25, 0.3) is 5.91 Å². The van der Waals surface area contributed by atoms with E-state index in [-0.39, 0.29) is 5.91 Å². The van der Waals surface area contributed by atoms with E-state index in [1.165, 1.54) is 12.8 Å². The lowest BCUT2D eigenvalue weighted by Gasteiger charge is -2.24. The molecule has 0 aliphatic carbocycles. The molecule has 0 spiro atoms. The number of nitrogens with two attached hydrogens (primary N) is 1. The molecule has 2 bridgehead atoms. The minimum atomic E-state index is 0.0665. The summed E-state index contributed by atoms with van der Waals surface area (Å²) < 4.78 is 0. The zero-order valence-corrected chi connectivity index (χ0v) is 10.3. The van der Waals surface area contributed by atoms with Crippen molar-refractivity contribution >= 4 is 11.7 Å². The number of nitrogen functional groups attached to an aromatic ring is 1. The van der Waals surface area contributed by atoms with E-state index in [0.717, 1.165) is 19.5 Å². The summed E-state index contributed by atoms with van der Waals surface area (Å²) in [4.78, 5) is 18.3. The number of nitrogens with one attached hydrogen (secondary N) is 1. The van der Waals surface area contributed by atoms with Crippen molar-refractivity contribution in [2.24, 2.45) is 0 Å². The van der Waals surface area contributed by atoms with Crippen LogP contribution in [0.3, 0.4) is 0 Å². The van der Waals surface area contributed by atoms with Crippen LogP contribution in [0.2, 0.25) is 0 Å². The number of hydrogen-bond acceptors (Lipinski definition) is 4. The standard InChI is InChI=1S/C13H18N4O/c14-12-4-1-9(7-15-12)13(18)17-6-5-10-2-3-11(8-17)16-10/h1,4,7,10-11,16H,2-3,5-6,8H2,(H2,14,15)/t10-,11+/m0/s1. The quantitative estimate of drug-likeness (QED) is 0.762. The molecule has 0 unspecified atom stereocenters. The van der Waals surface area contributed by atoms with Crippen LogP contribution in [-0.2, 0) is 0 Å². The number of rotatable bonds is 1. The van der Waals surface area contributed by atoms with Gasteiger partial charge in [0.2, 0.25) is 0 Å². The Morgan fingerprint density at radius 1 is 1.33 bits per heavy atom. The summed E-state index contributed by atoms with van der Waals surface area (Å²) in [7, 11) is 0. The van der Waals surface area contributed by atoms with Crippen molar-refractivity contribution in [2.75, 3.05) is 18.8 Å². The molecule has 5 heteroatoms. The van der Waals surface area contributed by atoms with E-state index < -0.39 is 0 Å². The SMILES string of the molecule is Nc1ccc(C(=O)N2CC[C@@H]3CC[C@H](C2)N3)cn1. The fraction of sp³-hybridized carbons (Fsp3) is 0.538. The van der Waals surface area contributed by atoms with E-state index in [0.29, 0.717) is 23.5 Å². The van der Waals surface area contributed by atoms with Gasteiger partial charge in [0.05, 0.1) is 5.56 Å². The lowest BCUT2D eigenvalue weighted by molar-refractivity contribution is 0.0748. The number of nitrogens with zero attached hydrogens (tertiary/aromatic N) is 2. The van der Waals surface area contributed by atoms with E-state index in [9.17, 15) is 4.79 Å². The third-order valence-electron chi connectivity index (χ3n) is 3.84. The number of carbonyl (C=O) groups is 1. The molecule has 2 atom stereocenters. The van der Waals surface area contributed by atoms with Crippen LogP contribution in [0.15, 0.2) is 18.3 Å². The normalized spacial score (nSPS) is 27.0. The van der Waals surface area contributed by atoms with Crippen LogP contribution in [0.4, 0.5) is 5.82 Å². The van der Waals surface area contributed by atoms with Crippen molar-refractivity contribution in [3.05, 3.63) is 23.9 Å². The van der Waals surface area contributed by atoms with Crippen molar-refractivity contribution in [1.82, 2.24) is 15.2 Å². The Labute approximate surface area is 106 Å². The molecule has 3 heterocycles. The summed E-state index contributed by atoms with van der Waals surface area (Å²) in [5.74, 6) is 0.514. The van der Waals surface area contributed by atoms with E-state index in [1.807, 2.05) is 4.90 Å². The van der Waals surface area contributed by atoms with Crippen LogP contribution in [0.5, 0.6) is 0 Å². The van der Waals surface area contributed by atoms with Gasteiger partial charge in [0.15, 0.2) is 0 Å². The molecule has 0 radical (unpaired) electrons. The first-order valence-corrected chi connectivity index (χ1v) is 6.49. The molecule has 2 fully saturated rings. The maximum atomic E-state index is 12.4. The van der Waals surface area contributed by atoms with Gasteiger partial charge in [0.1, 0.15) is 5.82 Å². The molecule has 18 heavy (non-hydrogen) atoms. The molecule has 2 aliphatic rings. The summed E-state index contributed by atoms with van der Waals surface area (Å²) in [5.41, 5.74) is 6.16. The largest absolute Gasteiger partial charge is 0.384 e. The Morgan fingerprint density at radius 3 is 2.94 bits per heavy atom. The van der Waals surface area contributed by atoms with Crippen LogP contribution in [0, 0.1) is 0 Å². The number of pyridine rings is 1. The first-order chi connectivity index (χ1) is 8.72. The van der Waals surface area contributed by atoms with Crippen LogP contribution < -0.4 is 11.1 Å². The topological polar surface area (TPSA) is 71.2 Å². The molecular formula is C13H18N4O. The number of amides is 1. The minimum absolute atomic E-state index is 0.0665. The van der Waals surface area contributed by atoms with Crippen molar-refractivity contribution < 1.29 is 4.79 Å². The number of likely N-dealkylation sites (tertiary alicyclic amines) is 1. The van der Waals surface area contributed by atoms with Gasteiger partial charge < -0.3 is 16.0 Å². The van der Waals surface area contributed by atoms with Gasteiger partial charge >= 0.3 is 0 Å².